The lowest BCUT2D eigenvalue weighted by Gasteiger charge is -2.46. The first kappa shape index (κ1) is 71.5. The molecule has 3 rings (SSSR count). The Balaban J connectivity index is 0.00000105. The van der Waals surface area contributed by atoms with Gasteiger partial charge >= 0.3 is 53.3 Å². The number of hydrogen-bond donors (Lipinski definition) is 3. The molecule has 1 fully saturated rings. The van der Waals surface area contributed by atoms with Crippen LogP contribution in [0.5, 0.6) is 0 Å². The second-order valence-electron chi connectivity index (χ2n) is 18.2. The van der Waals surface area contributed by atoms with Crippen molar-refractivity contribution in [2.45, 2.75) is 97.8 Å². The van der Waals surface area contributed by atoms with E-state index in [9.17, 15) is 43.2 Å². The number of carbonyl (C=O) groups excluding carboxylic acids is 6. The largest absolute Gasteiger partial charge is 0.461 e. The van der Waals surface area contributed by atoms with Crippen molar-refractivity contribution in [1.82, 2.24) is 29.7 Å². The molecule has 1 aliphatic carbocycles. The molecule has 0 saturated heterocycles. The average Bonchev–Trinajstić information content (AvgIpc) is 3.43. The van der Waals surface area contributed by atoms with E-state index in [1.807, 2.05) is 0 Å². The normalized spacial score (nSPS) is 14.3. The number of benzene rings is 1. The lowest BCUT2D eigenvalue weighted by Crippen LogP contribution is -2.54. The van der Waals surface area contributed by atoms with E-state index in [-0.39, 0.29) is 87.8 Å². The molecule has 3 N–H and O–H groups in total. The Bertz CT molecular complexity index is 2360. The third kappa shape index (κ3) is 28.8. The molecule has 3 unspecified atom stereocenters. The van der Waals surface area contributed by atoms with Crippen LogP contribution in [-0.2, 0) is 52.8 Å². The first-order valence-electron chi connectivity index (χ1n) is 26.0. The van der Waals surface area contributed by atoms with Gasteiger partial charge in [0.2, 0.25) is 0 Å². The molecule has 1 aromatic heterocycles. The van der Waals surface area contributed by atoms with Crippen LogP contribution in [0.15, 0.2) is 153 Å². The van der Waals surface area contributed by atoms with Crippen molar-refractivity contribution in [2.24, 2.45) is 17.3 Å². The van der Waals surface area contributed by atoms with Crippen LogP contribution in [0, 0.1) is 17.3 Å². The summed E-state index contributed by atoms with van der Waals surface area (Å²) < 4.78 is 32.2. The Morgan fingerprint density at radius 2 is 0.925 bits per heavy atom. The van der Waals surface area contributed by atoms with Crippen LogP contribution in [0.3, 0.4) is 0 Å². The van der Waals surface area contributed by atoms with Crippen LogP contribution < -0.4 is 33.0 Å². The molecule has 0 aliphatic heterocycles. The van der Waals surface area contributed by atoms with Gasteiger partial charge in [-0.1, -0.05) is 146 Å². The molecule has 1 aliphatic rings. The van der Waals surface area contributed by atoms with Crippen molar-refractivity contribution in [3.8, 4) is 0 Å². The summed E-state index contributed by atoms with van der Waals surface area (Å²) in [4.78, 5) is 105. The maximum atomic E-state index is 11.9. The highest BCUT2D eigenvalue weighted by Crippen LogP contribution is 2.43. The van der Waals surface area contributed by atoms with Crippen molar-refractivity contribution in [2.75, 3.05) is 52.7 Å². The summed E-state index contributed by atoms with van der Waals surface area (Å²) in [6, 6.07) is 6.38. The molecule has 1 aromatic carbocycles. The second kappa shape index (κ2) is 42.5. The molecule has 21 nitrogen and oxygen atoms in total. The fourth-order valence-corrected chi connectivity index (χ4v) is 7.89. The summed E-state index contributed by atoms with van der Waals surface area (Å²) in [7, 11) is 0. The zero-order valence-corrected chi connectivity index (χ0v) is 47.0. The Kier molecular flexibility index (Phi) is 38.0. The first-order chi connectivity index (χ1) is 38.3. The van der Waals surface area contributed by atoms with Crippen molar-refractivity contribution in [1.29, 1.82) is 0 Å². The number of aromatic nitrogens is 3. The molecule has 3 amide bonds. The first-order valence-corrected chi connectivity index (χ1v) is 26.0. The van der Waals surface area contributed by atoms with Crippen molar-refractivity contribution >= 4 is 36.2 Å². The number of esters is 3. The summed E-state index contributed by atoms with van der Waals surface area (Å²) in [5.41, 5.74) is -1.66. The predicted octanol–water partition coefficient (Wildman–Crippen LogP) is 8.32. The average molecular weight is 1120 g/mol. The van der Waals surface area contributed by atoms with Gasteiger partial charge in [0.25, 0.3) is 0 Å². The highest BCUT2D eigenvalue weighted by Gasteiger charge is 2.41. The summed E-state index contributed by atoms with van der Waals surface area (Å²) in [6.45, 7) is 40.2. The number of alkyl carbamates (subject to hydrolysis) is 3. The minimum atomic E-state index is -0.662. The van der Waals surface area contributed by atoms with E-state index in [0.717, 1.165) is 58.6 Å². The number of carbonyl (C=O) groups is 6. The number of hydrogen-bond acceptors (Lipinski definition) is 15. The summed E-state index contributed by atoms with van der Waals surface area (Å²) >= 11 is 0. The molecular weight excluding hydrogens is 1030 g/mol. The van der Waals surface area contributed by atoms with Gasteiger partial charge in [-0.3, -0.25) is 4.79 Å². The minimum absolute atomic E-state index is 0.0280. The fourth-order valence-electron chi connectivity index (χ4n) is 7.89. The number of nitrogens with zero attached hydrogens (tertiary/aromatic N) is 3. The van der Waals surface area contributed by atoms with Gasteiger partial charge in [-0.2, -0.15) is 0 Å². The van der Waals surface area contributed by atoms with E-state index in [1.165, 1.54) is 54.7 Å². The van der Waals surface area contributed by atoms with E-state index in [0.29, 0.717) is 31.3 Å². The van der Waals surface area contributed by atoms with Crippen molar-refractivity contribution in [3.63, 3.8) is 0 Å². The Morgan fingerprint density at radius 1 is 0.537 bits per heavy atom. The van der Waals surface area contributed by atoms with Crippen LogP contribution in [0.4, 0.5) is 14.4 Å². The van der Waals surface area contributed by atoms with E-state index in [4.69, 9.17) is 28.4 Å². The smallest absolute Gasteiger partial charge is 0.407 e. The second-order valence-corrected chi connectivity index (χ2v) is 18.2. The van der Waals surface area contributed by atoms with Crippen LogP contribution in [0.25, 0.3) is 0 Å². The van der Waals surface area contributed by atoms with Gasteiger partial charge in [-0.05, 0) is 55.1 Å². The minimum Gasteiger partial charge on any atom is -0.461 e. The van der Waals surface area contributed by atoms with Crippen molar-refractivity contribution < 1.29 is 57.2 Å². The number of amides is 3. The highest BCUT2D eigenvalue weighted by molar-refractivity contribution is 6.03. The lowest BCUT2D eigenvalue weighted by atomic mass is 9.62. The van der Waals surface area contributed by atoms with E-state index < -0.39 is 47.3 Å². The van der Waals surface area contributed by atoms with E-state index >= 15 is 0 Å². The van der Waals surface area contributed by atoms with Gasteiger partial charge < -0.3 is 44.4 Å². The Labute approximate surface area is 470 Å². The zero-order chi connectivity index (χ0) is 60.3. The molecule has 0 bridgehead atoms. The summed E-state index contributed by atoms with van der Waals surface area (Å²) in [6.07, 6.45) is 19.0. The van der Waals surface area contributed by atoms with E-state index in [1.54, 1.807) is 24.3 Å². The quantitative estimate of drug-likeness (QED) is 0.0277. The molecule has 0 spiro atoms. The zero-order valence-electron chi connectivity index (χ0n) is 47.0. The lowest BCUT2D eigenvalue weighted by molar-refractivity contribution is -0.142. The van der Waals surface area contributed by atoms with Crippen LogP contribution >= 0.6 is 0 Å². The van der Waals surface area contributed by atoms with Crippen LogP contribution in [0.2, 0.25) is 0 Å². The SMILES string of the molecule is C=CCOC(=O)CCCCCCCNC(=O)OCC=C.C=CCOC(=O)NCC1C(C)CC(NC(=O)OCC=C)CC1(C)C.C=CCOC(=O)c1ccccc1C(=O)OCC=C.C=CCn1c(=O)n(CC=C)c(=O)n(CC=C)c1=O. The molecule has 3 atom stereocenters. The maximum Gasteiger partial charge on any atom is 0.407 e. The van der Waals surface area contributed by atoms with Gasteiger partial charge in [0.05, 0.1) is 30.8 Å². The van der Waals surface area contributed by atoms with Crippen LogP contribution in [0.1, 0.15) is 92.9 Å². The standard InChI is InChI=1S/C18H30N2O4.C15H25NO4.C14H14O4.C12H15N3O3/c1-6-8-23-16(21)19-12-15-13(3)10-14(11-18(15,4)5)20-17(22)24-9-7-2;1-3-12-19-14(17)10-8-6-5-7-9-11-16-15(18)20-13-4-2;1-3-9-17-13(15)11-7-5-6-8-12(11)14(16)18-10-4-2;1-4-7-13-10(16)14(8-5-2)12(18)15(9-6-3)11(13)17/h6-7,13-15H,1-2,8-12H2,3-5H3,(H,19,21)(H,20,22);3-4H,1-2,5-13H2,(H,16,18);3-8H,1-2,9-10H2;4-6H,1-3,7-9H2. The number of ether oxygens (including phenoxy) is 6. The van der Waals surface area contributed by atoms with Crippen molar-refractivity contribution in [3.05, 3.63) is 181 Å². The fraction of sp³-hybridized carbons (Fsp3) is 0.441. The molecule has 1 heterocycles. The Morgan fingerprint density at radius 3 is 1.35 bits per heavy atom. The van der Waals surface area contributed by atoms with Gasteiger partial charge in [0.1, 0.15) is 39.6 Å². The molecule has 80 heavy (non-hydrogen) atoms. The molecular formula is C59H84N6O15. The summed E-state index contributed by atoms with van der Waals surface area (Å²) in [5, 5.41) is 8.40. The predicted molar refractivity (Wildman–Crippen MR) is 309 cm³/mol. The van der Waals surface area contributed by atoms with Crippen LogP contribution in [-0.4, -0.2) is 109 Å². The summed E-state index contributed by atoms with van der Waals surface area (Å²) in [5.74, 6) is -0.687. The van der Waals surface area contributed by atoms with Gasteiger partial charge in [0.15, 0.2) is 0 Å². The van der Waals surface area contributed by atoms with E-state index in [2.05, 4.69) is 95.9 Å². The topological polar surface area (TPSA) is 260 Å². The van der Waals surface area contributed by atoms with Gasteiger partial charge in [-0.25, -0.2) is 52.1 Å². The molecule has 0 radical (unpaired) electrons. The van der Waals surface area contributed by atoms with Gasteiger partial charge in [-0.15, -0.1) is 19.7 Å². The monoisotopic (exact) mass is 1120 g/mol. The third-order valence-corrected chi connectivity index (χ3v) is 11.4. The third-order valence-electron chi connectivity index (χ3n) is 11.4. The number of nitrogens with one attached hydrogen (secondary N) is 3. The molecule has 440 valence electrons. The maximum absolute atomic E-state index is 11.9. The number of rotatable bonds is 31. The molecule has 21 heteroatoms. The molecule has 1 saturated carbocycles. The number of unbranched alkanes of at least 4 members (excludes halogenated alkanes) is 4. The number of allylic oxidation sites excluding steroid dienone is 3. The van der Waals surface area contributed by atoms with Gasteiger partial charge in [0, 0.05) is 25.6 Å². The highest BCUT2D eigenvalue weighted by atomic mass is 16.6. The molecule has 2 aromatic rings. The Hall–Kier alpha value is -8.49.